The number of halogens is 2. The highest BCUT2D eigenvalue weighted by molar-refractivity contribution is 5.94. The van der Waals surface area contributed by atoms with Crippen molar-refractivity contribution in [1.82, 2.24) is 0 Å². The van der Waals surface area contributed by atoms with Crippen LogP contribution in [0.5, 0.6) is 5.75 Å². The molecule has 29 heavy (non-hydrogen) atoms. The number of nitrogens with one attached hydrogen (secondary N) is 1. The highest BCUT2D eigenvalue weighted by Gasteiger charge is 2.16. The summed E-state index contributed by atoms with van der Waals surface area (Å²) in [7, 11) is 0. The lowest BCUT2D eigenvalue weighted by Crippen LogP contribution is -2.21. The molecule has 0 aliphatic heterocycles. The SMILES string of the molecule is O=C(COc1ccccc1C(=O)OCc1ccccc1F)Nc1ccccc1F. The first-order valence-electron chi connectivity index (χ1n) is 8.71. The summed E-state index contributed by atoms with van der Waals surface area (Å²) in [5.74, 6) is -2.25. The summed E-state index contributed by atoms with van der Waals surface area (Å²) >= 11 is 0. The van der Waals surface area contributed by atoms with E-state index in [1.165, 1.54) is 48.5 Å². The summed E-state index contributed by atoms with van der Waals surface area (Å²) in [5, 5.41) is 2.39. The fourth-order valence-corrected chi connectivity index (χ4v) is 2.49. The molecule has 0 atom stereocenters. The zero-order valence-corrected chi connectivity index (χ0v) is 15.2. The molecule has 148 valence electrons. The average molecular weight is 397 g/mol. The van der Waals surface area contributed by atoms with Gasteiger partial charge >= 0.3 is 5.97 Å². The number of esters is 1. The number of hydrogen-bond donors (Lipinski definition) is 1. The van der Waals surface area contributed by atoms with Crippen molar-refractivity contribution in [2.75, 3.05) is 11.9 Å². The molecule has 0 bridgehead atoms. The van der Waals surface area contributed by atoms with Crippen LogP contribution in [-0.2, 0) is 16.1 Å². The molecular weight excluding hydrogens is 380 g/mol. The molecule has 0 saturated heterocycles. The minimum atomic E-state index is -0.724. The van der Waals surface area contributed by atoms with Gasteiger partial charge in [0, 0.05) is 5.56 Å². The lowest BCUT2D eigenvalue weighted by atomic mass is 10.2. The van der Waals surface area contributed by atoms with E-state index in [2.05, 4.69) is 5.32 Å². The van der Waals surface area contributed by atoms with Crippen molar-refractivity contribution >= 4 is 17.6 Å². The Labute approximate surface area is 165 Å². The van der Waals surface area contributed by atoms with E-state index in [9.17, 15) is 18.4 Å². The highest BCUT2D eigenvalue weighted by atomic mass is 19.1. The minimum Gasteiger partial charge on any atom is -0.483 e. The second-order valence-corrected chi connectivity index (χ2v) is 5.98. The highest BCUT2D eigenvalue weighted by Crippen LogP contribution is 2.20. The van der Waals surface area contributed by atoms with E-state index < -0.39 is 30.1 Å². The number of para-hydroxylation sites is 2. The smallest absolute Gasteiger partial charge is 0.342 e. The van der Waals surface area contributed by atoms with Gasteiger partial charge in [0.1, 0.15) is 29.6 Å². The molecule has 0 saturated carbocycles. The van der Waals surface area contributed by atoms with E-state index in [1.807, 2.05) is 0 Å². The second kappa shape index (κ2) is 9.45. The van der Waals surface area contributed by atoms with Crippen LogP contribution in [0.1, 0.15) is 15.9 Å². The standard InChI is InChI=1S/C22H17F2NO4/c23-17-9-3-1-7-15(17)13-29-22(27)16-8-2-6-12-20(16)28-14-21(26)25-19-11-5-4-10-18(19)24/h1-12H,13-14H2,(H,25,26). The van der Waals surface area contributed by atoms with Crippen molar-refractivity contribution in [1.29, 1.82) is 0 Å². The van der Waals surface area contributed by atoms with Crippen LogP contribution in [0.3, 0.4) is 0 Å². The van der Waals surface area contributed by atoms with Crippen molar-refractivity contribution in [2.45, 2.75) is 6.61 Å². The van der Waals surface area contributed by atoms with E-state index in [4.69, 9.17) is 9.47 Å². The molecule has 1 amide bonds. The fourth-order valence-electron chi connectivity index (χ4n) is 2.49. The summed E-state index contributed by atoms with van der Waals surface area (Å²) in [6.45, 7) is -0.681. The average Bonchev–Trinajstić information content (AvgIpc) is 2.73. The molecule has 1 N–H and O–H groups in total. The number of benzene rings is 3. The number of amides is 1. The van der Waals surface area contributed by atoms with Crippen LogP contribution in [-0.4, -0.2) is 18.5 Å². The molecule has 3 aromatic rings. The molecule has 0 radical (unpaired) electrons. The van der Waals surface area contributed by atoms with Gasteiger partial charge in [-0.15, -0.1) is 0 Å². The number of anilines is 1. The zero-order valence-electron chi connectivity index (χ0n) is 15.2. The Morgan fingerprint density at radius 1 is 0.828 bits per heavy atom. The topological polar surface area (TPSA) is 64.6 Å². The van der Waals surface area contributed by atoms with E-state index in [0.717, 1.165) is 0 Å². The largest absolute Gasteiger partial charge is 0.483 e. The Morgan fingerprint density at radius 2 is 1.48 bits per heavy atom. The first-order chi connectivity index (χ1) is 14.0. The van der Waals surface area contributed by atoms with Gasteiger partial charge in [-0.25, -0.2) is 13.6 Å². The maximum absolute atomic E-state index is 13.7. The van der Waals surface area contributed by atoms with Crippen LogP contribution in [0.2, 0.25) is 0 Å². The summed E-state index contributed by atoms with van der Waals surface area (Å²) < 4.78 is 37.8. The number of carbonyl (C=O) groups is 2. The molecule has 0 aromatic heterocycles. The van der Waals surface area contributed by atoms with Gasteiger partial charge < -0.3 is 14.8 Å². The Kier molecular flexibility index (Phi) is 6.52. The molecule has 3 aromatic carbocycles. The lowest BCUT2D eigenvalue weighted by Gasteiger charge is -2.12. The van der Waals surface area contributed by atoms with Crippen LogP contribution in [0.25, 0.3) is 0 Å². The number of hydrogen-bond acceptors (Lipinski definition) is 4. The molecule has 0 heterocycles. The minimum absolute atomic E-state index is 0.0266. The van der Waals surface area contributed by atoms with E-state index in [1.54, 1.807) is 24.3 Å². The monoisotopic (exact) mass is 397 g/mol. The molecular formula is C22H17F2NO4. The molecule has 7 heteroatoms. The van der Waals surface area contributed by atoms with E-state index >= 15 is 0 Å². The molecule has 0 aliphatic rings. The lowest BCUT2D eigenvalue weighted by molar-refractivity contribution is -0.118. The zero-order chi connectivity index (χ0) is 20.6. The Balaban J connectivity index is 1.61. The van der Waals surface area contributed by atoms with Crippen LogP contribution >= 0.6 is 0 Å². The van der Waals surface area contributed by atoms with Crippen LogP contribution in [0.4, 0.5) is 14.5 Å². The summed E-state index contributed by atoms with van der Waals surface area (Å²) in [6.07, 6.45) is 0. The number of rotatable bonds is 7. The van der Waals surface area contributed by atoms with E-state index in [-0.39, 0.29) is 29.2 Å². The van der Waals surface area contributed by atoms with Gasteiger partial charge in [0.15, 0.2) is 6.61 Å². The van der Waals surface area contributed by atoms with Crippen molar-refractivity contribution in [2.24, 2.45) is 0 Å². The van der Waals surface area contributed by atoms with Crippen LogP contribution < -0.4 is 10.1 Å². The Bertz CT molecular complexity index is 1020. The predicted molar refractivity (Wildman–Crippen MR) is 102 cm³/mol. The third-order valence-corrected chi connectivity index (χ3v) is 3.93. The first-order valence-corrected chi connectivity index (χ1v) is 8.71. The molecule has 5 nitrogen and oxygen atoms in total. The quantitative estimate of drug-likeness (QED) is 0.603. The molecule has 0 fully saturated rings. The van der Waals surface area contributed by atoms with Crippen molar-refractivity contribution in [3.8, 4) is 5.75 Å². The summed E-state index contributed by atoms with van der Waals surface area (Å²) in [5.41, 5.74) is 0.352. The molecule has 0 spiro atoms. The van der Waals surface area contributed by atoms with Crippen LogP contribution in [0.15, 0.2) is 72.8 Å². The van der Waals surface area contributed by atoms with Gasteiger partial charge in [-0.05, 0) is 30.3 Å². The third kappa shape index (κ3) is 5.38. The van der Waals surface area contributed by atoms with Gasteiger partial charge in [-0.2, -0.15) is 0 Å². The summed E-state index contributed by atoms with van der Waals surface area (Å²) in [6, 6.07) is 17.9. The maximum atomic E-state index is 13.7. The van der Waals surface area contributed by atoms with Gasteiger partial charge in [-0.3, -0.25) is 4.79 Å². The number of ether oxygens (including phenoxy) is 2. The molecule has 3 rings (SSSR count). The molecule has 0 aliphatic carbocycles. The number of carbonyl (C=O) groups excluding carboxylic acids is 2. The first kappa shape index (κ1) is 20.0. The maximum Gasteiger partial charge on any atom is 0.342 e. The van der Waals surface area contributed by atoms with E-state index in [0.29, 0.717) is 0 Å². The predicted octanol–water partition coefficient (Wildman–Crippen LogP) is 4.34. The van der Waals surface area contributed by atoms with Crippen LogP contribution in [0, 0.1) is 11.6 Å². The normalized spacial score (nSPS) is 10.3. The Morgan fingerprint density at radius 3 is 2.24 bits per heavy atom. The van der Waals surface area contributed by atoms with Gasteiger partial charge in [-0.1, -0.05) is 42.5 Å². The summed E-state index contributed by atoms with van der Waals surface area (Å²) in [4.78, 5) is 24.4. The van der Waals surface area contributed by atoms with Crippen molar-refractivity contribution in [3.63, 3.8) is 0 Å². The fraction of sp³-hybridized carbons (Fsp3) is 0.0909. The molecule has 0 unspecified atom stereocenters. The van der Waals surface area contributed by atoms with Crippen molar-refractivity contribution < 1.29 is 27.8 Å². The third-order valence-electron chi connectivity index (χ3n) is 3.93. The van der Waals surface area contributed by atoms with Crippen molar-refractivity contribution in [3.05, 3.63) is 95.6 Å². The second-order valence-electron chi connectivity index (χ2n) is 5.98. The van der Waals surface area contributed by atoms with Gasteiger partial charge in [0.25, 0.3) is 5.91 Å². The van der Waals surface area contributed by atoms with Gasteiger partial charge in [0.2, 0.25) is 0 Å². The Hall–Kier alpha value is -3.74. The van der Waals surface area contributed by atoms with Gasteiger partial charge in [0.05, 0.1) is 5.69 Å².